The second-order valence-electron chi connectivity index (χ2n) is 7.04. The largest absolute Gasteiger partial charge is 0.493 e. The maximum atomic E-state index is 5.39. The van der Waals surface area contributed by atoms with E-state index < -0.39 is 0 Å². The molecule has 8 nitrogen and oxygen atoms in total. The molecule has 0 unspecified atom stereocenters. The van der Waals surface area contributed by atoms with Crippen molar-refractivity contribution in [2.75, 3.05) is 14.2 Å². The van der Waals surface area contributed by atoms with E-state index in [9.17, 15) is 0 Å². The van der Waals surface area contributed by atoms with E-state index in [1.807, 2.05) is 35.0 Å². The van der Waals surface area contributed by atoms with Crippen molar-refractivity contribution in [2.24, 2.45) is 0 Å². The van der Waals surface area contributed by atoms with Gasteiger partial charge in [0.1, 0.15) is 6.33 Å². The number of benzene rings is 2. The van der Waals surface area contributed by atoms with E-state index in [2.05, 4.69) is 34.2 Å². The monoisotopic (exact) mass is 400 g/mol. The van der Waals surface area contributed by atoms with Crippen molar-refractivity contribution >= 4 is 16.7 Å². The van der Waals surface area contributed by atoms with Crippen LogP contribution in [0.5, 0.6) is 11.5 Å². The van der Waals surface area contributed by atoms with Crippen molar-refractivity contribution in [3.05, 3.63) is 71.9 Å². The van der Waals surface area contributed by atoms with E-state index in [1.54, 1.807) is 31.3 Å². The van der Waals surface area contributed by atoms with Crippen molar-refractivity contribution in [2.45, 2.75) is 13.3 Å². The molecule has 3 heterocycles. The van der Waals surface area contributed by atoms with Crippen LogP contribution in [0.1, 0.15) is 17.0 Å². The van der Waals surface area contributed by atoms with Crippen LogP contribution >= 0.6 is 0 Å². The molecule has 0 atom stereocenters. The van der Waals surface area contributed by atoms with E-state index >= 15 is 0 Å². The Hall–Kier alpha value is -3.94. The molecule has 8 heteroatoms. The van der Waals surface area contributed by atoms with Gasteiger partial charge < -0.3 is 9.47 Å². The van der Waals surface area contributed by atoms with Crippen molar-refractivity contribution in [1.82, 2.24) is 29.4 Å². The molecule has 0 fully saturated rings. The molecule has 0 bridgehead atoms. The van der Waals surface area contributed by atoms with E-state index in [4.69, 9.17) is 14.5 Å². The number of ether oxygens (including phenoxy) is 2. The number of hydrogen-bond acceptors (Lipinski definition) is 6. The fourth-order valence-corrected chi connectivity index (χ4v) is 3.49. The van der Waals surface area contributed by atoms with Gasteiger partial charge >= 0.3 is 0 Å². The van der Waals surface area contributed by atoms with Gasteiger partial charge in [0.05, 0.1) is 31.5 Å². The van der Waals surface area contributed by atoms with E-state index in [-0.39, 0.29) is 0 Å². The lowest BCUT2D eigenvalue weighted by Crippen LogP contribution is -1.99. The Kier molecular flexibility index (Phi) is 4.31. The maximum absolute atomic E-state index is 5.39. The molecule has 0 radical (unpaired) electrons. The van der Waals surface area contributed by atoms with Crippen LogP contribution < -0.4 is 9.47 Å². The van der Waals surface area contributed by atoms with Crippen LogP contribution in [0.15, 0.2) is 55.0 Å². The molecule has 0 saturated carbocycles. The summed E-state index contributed by atoms with van der Waals surface area (Å²) in [7, 11) is 3.25. The van der Waals surface area contributed by atoms with E-state index in [0.29, 0.717) is 23.7 Å². The van der Waals surface area contributed by atoms with Crippen LogP contribution in [0.25, 0.3) is 22.4 Å². The minimum absolute atomic E-state index is 0.565. The highest BCUT2D eigenvalue weighted by atomic mass is 16.5. The van der Waals surface area contributed by atoms with Gasteiger partial charge in [0.15, 0.2) is 28.6 Å². The van der Waals surface area contributed by atoms with Crippen molar-refractivity contribution in [3.63, 3.8) is 0 Å². The molecular formula is C22H20N6O2. The van der Waals surface area contributed by atoms with Gasteiger partial charge in [0, 0.05) is 6.42 Å². The number of aromatic nitrogens is 6. The van der Waals surface area contributed by atoms with Gasteiger partial charge in [-0.15, -0.1) is 5.10 Å². The molecule has 0 aliphatic heterocycles. The zero-order valence-electron chi connectivity index (χ0n) is 16.9. The first-order valence-electron chi connectivity index (χ1n) is 9.52. The predicted molar refractivity (Wildman–Crippen MR) is 112 cm³/mol. The molecule has 0 amide bonds. The van der Waals surface area contributed by atoms with Crippen LogP contribution in [-0.4, -0.2) is 43.6 Å². The number of rotatable bonds is 5. The molecule has 30 heavy (non-hydrogen) atoms. The molecule has 0 N–H and O–H groups in total. The third-order valence-electron chi connectivity index (χ3n) is 5.04. The summed E-state index contributed by atoms with van der Waals surface area (Å²) in [6.45, 7) is 2.06. The zero-order chi connectivity index (χ0) is 20.7. The molecular weight excluding hydrogens is 380 g/mol. The normalized spacial score (nSPS) is 11.3. The topological polar surface area (TPSA) is 79.4 Å². The summed E-state index contributed by atoms with van der Waals surface area (Å²) in [4.78, 5) is 9.30. The van der Waals surface area contributed by atoms with Gasteiger partial charge in [-0.05, 0) is 36.8 Å². The third-order valence-corrected chi connectivity index (χ3v) is 5.04. The lowest BCUT2D eigenvalue weighted by atomic mass is 10.1. The number of fused-ring (bicyclic) bond motifs is 3. The van der Waals surface area contributed by atoms with Crippen LogP contribution in [-0.2, 0) is 6.42 Å². The average Bonchev–Trinajstić information content (AvgIpc) is 3.37. The minimum Gasteiger partial charge on any atom is -0.493 e. The summed E-state index contributed by atoms with van der Waals surface area (Å²) >= 11 is 0. The van der Waals surface area contributed by atoms with Crippen molar-refractivity contribution in [3.8, 4) is 17.2 Å². The van der Waals surface area contributed by atoms with Gasteiger partial charge in [-0.25, -0.2) is 19.2 Å². The number of methoxy groups -OCH3 is 2. The molecule has 5 rings (SSSR count). The summed E-state index contributed by atoms with van der Waals surface area (Å²) in [5, 5.41) is 9.96. The predicted octanol–water partition coefficient (Wildman–Crippen LogP) is 3.38. The van der Waals surface area contributed by atoms with Gasteiger partial charge in [0.2, 0.25) is 0 Å². The Balaban J connectivity index is 1.53. The van der Waals surface area contributed by atoms with Crippen LogP contribution in [0, 0.1) is 6.92 Å². The average molecular weight is 400 g/mol. The molecule has 0 aliphatic carbocycles. The maximum Gasteiger partial charge on any atom is 0.170 e. The van der Waals surface area contributed by atoms with E-state index in [0.717, 1.165) is 27.9 Å². The van der Waals surface area contributed by atoms with Crippen LogP contribution in [0.2, 0.25) is 0 Å². The van der Waals surface area contributed by atoms with Gasteiger partial charge in [-0.1, -0.05) is 23.8 Å². The Morgan fingerprint density at radius 2 is 1.73 bits per heavy atom. The number of nitrogens with zero attached hydrogens (tertiary/aromatic N) is 6. The Labute approximate surface area is 172 Å². The van der Waals surface area contributed by atoms with Crippen LogP contribution in [0.4, 0.5) is 0 Å². The lowest BCUT2D eigenvalue weighted by Gasteiger charge is -2.08. The first kappa shape index (κ1) is 18.1. The molecule has 2 aromatic carbocycles. The number of aryl methyl sites for hydroxylation is 1. The zero-order valence-corrected chi connectivity index (χ0v) is 16.9. The first-order valence-corrected chi connectivity index (χ1v) is 9.52. The summed E-state index contributed by atoms with van der Waals surface area (Å²) < 4.78 is 14.2. The summed E-state index contributed by atoms with van der Waals surface area (Å²) in [5.74, 6) is 2.07. The number of hydrogen-bond donors (Lipinski definition) is 0. The Bertz CT molecular complexity index is 1350. The fourth-order valence-electron chi connectivity index (χ4n) is 3.49. The lowest BCUT2D eigenvalue weighted by molar-refractivity contribution is 0.354. The minimum atomic E-state index is 0.565. The van der Waals surface area contributed by atoms with Crippen LogP contribution in [0.3, 0.4) is 0 Å². The first-order chi connectivity index (χ1) is 14.7. The van der Waals surface area contributed by atoms with E-state index in [1.165, 1.54) is 5.56 Å². The third kappa shape index (κ3) is 3.02. The molecule has 3 aromatic heterocycles. The smallest absolute Gasteiger partial charge is 0.170 e. The second kappa shape index (κ2) is 7.14. The standard InChI is InChI=1S/C22H20N6O2/c1-14-4-7-16(8-5-14)28-21-17(12-24-28)22-25-20(26-27(22)13-23-21)11-15-6-9-18(29-2)19(10-15)30-3/h4-10,12-13H,11H2,1-3H3. The Morgan fingerprint density at radius 1 is 0.933 bits per heavy atom. The van der Waals surface area contributed by atoms with Crippen molar-refractivity contribution < 1.29 is 9.47 Å². The highest BCUT2D eigenvalue weighted by Crippen LogP contribution is 2.28. The highest BCUT2D eigenvalue weighted by Gasteiger charge is 2.14. The van der Waals surface area contributed by atoms with Gasteiger partial charge in [-0.3, -0.25) is 0 Å². The van der Waals surface area contributed by atoms with Gasteiger partial charge in [-0.2, -0.15) is 5.10 Å². The Morgan fingerprint density at radius 3 is 2.50 bits per heavy atom. The summed E-state index contributed by atoms with van der Waals surface area (Å²) in [6, 6.07) is 14.0. The fraction of sp³-hybridized carbons (Fsp3) is 0.182. The highest BCUT2D eigenvalue weighted by molar-refractivity contribution is 5.89. The summed E-state index contributed by atoms with van der Waals surface area (Å²) in [6.07, 6.45) is 4.02. The molecule has 0 spiro atoms. The molecule has 0 aliphatic rings. The summed E-state index contributed by atoms with van der Waals surface area (Å²) in [5.41, 5.74) is 4.66. The second-order valence-corrected chi connectivity index (χ2v) is 7.04. The van der Waals surface area contributed by atoms with Gasteiger partial charge in [0.25, 0.3) is 0 Å². The molecule has 5 aromatic rings. The molecule has 0 saturated heterocycles. The molecule has 150 valence electrons. The quantitative estimate of drug-likeness (QED) is 0.450. The van der Waals surface area contributed by atoms with Crippen molar-refractivity contribution in [1.29, 1.82) is 0 Å². The SMILES string of the molecule is COc1ccc(Cc2nc3c4cnn(-c5ccc(C)cc5)c4ncn3n2)cc1OC.